The van der Waals surface area contributed by atoms with E-state index in [1.54, 1.807) is 12.1 Å². The van der Waals surface area contributed by atoms with E-state index in [0.717, 1.165) is 17.7 Å². The molecule has 178 valence electrons. The second kappa shape index (κ2) is 10.3. The van der Waals surface area contributed by atoms with Gasteiger partial charge in [-0.05, 0) is 30.7 Å². The highest BCUT2D eigenvalue weighted by Gasteiger charge is 2.28. The molecule has 4 rings (SSSR count). The molecule has 3 aromatic carbocycles. The van der Waals surface area contributed by atoms with Crippen LogP contribution in [0.25, 0.3) is 0 Å². The summed E-state index contributed by atoms with van der Waals surface area (Å²) >= 11 is 0. The molecule has 0 aliphatic carbocycles. The molecule has 7 nitrogen and oxygen atoms in total. The number of anilines is 1. The normalized spacial score (nSPS) is 15.7. The summed E-state index contributed by atoms with van der Waals surface area (Å²) in [5.74, 6) is -3.39. The number of carbonyl (C=O) groups is 3. The molecule has 0 saturated carbocycles. The lowest BCUT2D eigenvalue weighted by atomic mass is 10.0. The maximum atomic E-state index is 13.4. The summed E-state index contributed by atoms with van der Waals surface area (Å²) in [4.78, 5) is 42.5. The van der Waals surface area contributed by atoms with Crippen LogP contribution in [0.1, 0.15) is 23.6 Å². The van der Waals surface area contributed by atoms with E-state index in [-0.39, 0.29) is 12.0 Å². The third-order valence-corrected chi connectivity index (χ3v) is 5.33. The Bertz CT molecular complexity index is 1290. The van der Waals surface area contributed by atoms with Crippen molar-refractivity contribution in [3.8, 4) is 0 Å². The van der Waals surface area contributed by atoms with E-state index in [9.17, 15) is 23.2 Å². The van der Waals surface area contributed by atoms with Gasteiger partial charge in [0.2, 0.25) is 18.0 Å². The Kier molecular flexibility index (Phi) is 6.96. The van der Waals surface area contributed by atoms with Crippen LogP contribution in [0.4, 0.5) is 14.5 Å². The van der Waals surface area contributed by atoms with Crippen LogP contribution in [0.5, 0.6) is 0 Å². The van der Waals surface area contributed by atoms with Crippen molar-refractivity contribution in [2.45, 2.75) is 25.6 Å². The lowest BCUT2D eigenvalue weighted by Crippen LogP contribution is -2.51. The molecule has 1 unspecified atom stereocenters. The first-order chi connectivity index (χ1) is 16.8. The fourth-order valence-corrected chi connectivity index (χ4v) is 3.70. The highest BCUT2D eigenvalue weighted by Crippen LogP contribution is 2.23. The van der Waals surface area contributed by atoms with Gasteiger partial charge in [0.1, 0.15) is 17.7 Å². The Morgan fingerprint density at radius 3 is 2.37 bits per heavy atom. The zero-order valence-corrected chi connectivity index (χ0v) is 18.7. The minimum Gasteiger partial charge on any atom is -0.344 e. The smallest absolute Gasteiger partial charge is 0.269 e. The van der Waals surface area contributed by atoms with Crippen LogP contribution in [0.2, 0.25) is 0 Å². The number of nitrogens with one attached hydrogen (secondary N) is 3. The molecule has 9 heteroatoms. The maximum absolute atomic E-state index is 13.4. The number of hydrogen-bond donors (Lipinski definition) is 3. The van der Waals surface area contributed by atoms with Gasteiger partial charge in [-0.1, -0.05) is 48.5 Å². The van der Waals surface area contributed by atoms with Crippen LogP contribution in [0, 0.1) is 11.6 Å². The minimum absolute atomic E-state index is 0.130. The van der Waals surface area contributed by atoms with Crippen LogP contribution in [0.3, 0.4) is 0 Å². The van der Waals surface area contributed by atoms with Crippen LogP contribution < -0.4 is 16.0 Å². The molecule has 3 N–H and O–H groups in total. The second-order valence-corrected chi connectivity index (χ2v) is 8.03. The van der Waals surface area contributed by atoms with Gasteiger partial charge in [0, 0.05) is 17.2 Å². The molecular formula is C26H22F2N4O3. The van der Waals surface area contributed by atoms with Crippen molar-refractivity contribution in [2.75, 3.05) is 5.32 Å². The molecule has 0 fully saturated rings. The fraction of sp³-hybridized carbons (Fsp3) is 0.154. The number of benzodiazepines with no additional fused rings is 1. The lowest BCUT2D eigenvalue weighted by Gasteiger charge is -2.18. The first kappa shape index (κ1) is 23.7. The molecule has 1 heterocycles. The van der Waals surface area contributed by atoms with Gasteiger partial charge >= 0.3 is 0 Å². The molecule has 1 aliphatic heterocycles. The summed E-state index contributed by atoms with van der Waals surface area (Å²) in [5, 5.41) is 7.80. The Balaban J connectivity index is 1.49. The Morgan fingerprint density at radius 2 is 1.66 bits per heavy atom. The molecule has 3 aromatic rings. The van der Waals surface area contributed by atoms with E-state index < -0.39 is 41.6 Å². The van der Waals surface area contributed by atoms with Crippen molar-refractivity contribution in [3.05, 3.63) is 101 Å². The fourth-order valence-electron chi connectivity index (χ4n) is 3.70. The van der Waals surface area contributed by atoms with Crippen molar-refractivity contribution >= 4 is 29.1 Å². The molecule has 0 bridgehead atoms. The topological polar surface area (TPSA) is 99.7 Å². The molecule has 3 amide bonds. The van der Waals surface area contributed by atoms with Crippen molar-refractivity contribution in [1.82, 2.24) is 10.6 Å². The molecular weight excluding hydrogens is 454 g/mol. The van der Waals surface area contributed by atoms with Crippen molar-refractivity contribution in [3.63, 3.8) is 0 Å². The Morgan fingerprint density at radius 1 is 1.00 bits per heavy atom. The van der Waals surface area contributed by atoms with Crippen LogP contribution in [-0.4, -0.2) is 35.6 Å². The molecule has 0 saturated heterocycles. The number of benzene rings is 3. The Hall–Kier alpha value is -4.40. The maximum Gasteiger partial charge on any atom is 0.269 e. The van der Waals surface area contributed by atoms with Crippen LogP contribution in [0.15, 0.2) is 77.8 Å². The largest absolute Gasteiger partial charge is 0.344 e. The number of hydrogen-bond acceptors (Lipinski definition) is 4. The number of carbonyl (C=O) groups excluding carboxylic acids is 3. The minimum atomic E-state index is -1.25. The molecule has 0 aromatic heterocycles. The van der Waals surface area contributed by atoms with Crippen LogP contribution in [-0.2, 0) is 20.8 Å². The summed E-state index contributed by atoms with van der Waals surface area (Å²) in [5.41, 5.74) is 2.67. The summed E-state index contributed by atoms with van der Waals surface area (Å²) in [6, 6.07) is 18.2. The number of nitrogens with zero attached hydrogens (tertiary/aromatic N) is 1. The summed E-state index contributed by atoms with van der Waals surface area (Å²) in [6.45, 7) is 1.44. The lowest BCUT2D eigenvalue weighted by molar-refractivity contribution is -0.130. The first-order valence-corrected chi connectivity index (χ1v) is 10.9. The monoisotopic (exact) mass is 476 g/mol. The van der Waals surface area contributed by atoms with Crippen molar-refractivity contribution < 1.29 is 23.2 Å². The predicted molar refractivity (Wildman–Crippen MR) is 127 cm³/mol. The molecule has 1 aliphatic rings. The number of amides is 3. The molecule has 2 atom stereocenters. The third kappa shape index (κ3) is 5.75. The van der Waals surface area contributed by atoms with E-state index in [4.69, 9.17) is 0 Å². The molecule has 35 heavy (non-hydrogen) atoms. The average Bonchev–Trinajstić information content (AvgIpc) is 2.95. The standard InChI is InChI=1S/C26H22F2N4O3/c1-15(29-22(33)13-16-11-18(27)14-19(28)12-16)25(34)32-24-26(35)30-21-10-6-5-9-20(21)23(31-24)17-7-3-2-4-8-17/h2-12,14-15,24H,13H2,1H3,(H,29,33)(H,30,35)(H,32,34)/t15-,24?/m0/s1. The van der Waals surface area contributed by atoms with Gasteiger partial charge in [-0.15, -0.1) is 0 Å². The number of rotatable bonds is 6. The molecule has 0 radical (unpaired) electrons. The number of para-hydroxylation sites is 1. The van der Waals surface area contributed by atoms with Crippen molar-refractivity contribution in [2.24, 2.45) is 4.99 Å². The van der Waals surface area contributed by atoms with Gasteiger partial charge in [0.25, 0.3) is 5.91 Å². The third-order valence-electron chi connectivity index (χ3n) is 5.33. The van der Waals surface area contributed by atoms with E-state index in [1.807, 2.05) is 42.5 Å². The van der Waals surface area contributed by atoms with Gasteiger partial charge in [-0.2, -0.15) is 0 Å². The van der Waals surface area contributed by atoms with Gasteiger partial charge in [0.05, 0.1) is 17.8 Å². The Labute approximate surface area is 200 Å². The second-order valence-electron chi connectivity index (χ2n) is 8.03. The van der Waals surface area contributed by atoms with E-state index >= 15 is 0 Å². The van der Waals surface area contributed by atoms with E-state index in [1.165, 1.54) is 6.92 Å². The van der Waals surface area contributed by atoms with Gasteiger partial charge < -0.3 is 16.0 Å². The van der Waals surface area contributed by atoms with E-state index in [2.05, 4.69) is 20.9 Å². The molecule has 0 spiro atoms. The summed E-state index contributed by atoms with van der Waals surface area (Å²) < 4.78 is 26.7. The van der Waals surface area contributed by atoms with Gasteiger partial charge in [-0.25, -0.2) is 13.8 Å². The number of halogens is 2. The number of fused-ring (bicyclic) bond motifs is 1. The SMILES string of the molecule is C[C@H](NC(=O)Cc1cc(F)cc(F)c1)C(=O)NC1N=C(c2ccccc2)c2ccccc2NC1=O. The van der Waals surface area contributed by atoms with Gasteiger partial charge in [0.15, 0.2) is 0 Å². The van der Waals surface area contributed by atoms with Crippen LogP contribution >= 0.6 is 0 Å². The predicted octanol–water partition coefficient (Wildman–Crippen LogP) is 2.94. The zero-order chi connectivity index (χ0) is 24.9. The summed E-state index contributed by atoms with van der Waals surface area (Å²) in [7, 11) is 0. The van der Waals surface area contributed by atoms with E-state index in [0.29, 0.717) is 23.0 Å². The average molecular weight is 476 g/mol. The first-order valence-electron chi connectivity index (χ1n) is 10.9. The number of aliphatic imine (C=N–C) groups is 1. The van der Waals surface area contributed by atoms with Gasteiger partial charge in [-0.3, -0.25) is 14.4 Å². The quantitative estimate of drug-likeness (QED) is 0.510. The van der Waals surface area contributed by atoms with Crippen molar-refractivity contribution in [1.29, 1.82) is 0 Å². The zero-order valence-electron chi connectivity index (χ0n) is 18.7. The highest BCUT2D eigenvalue weighted by molar-refractivity contribution is 6.19. The highest BCUT2D eigenvalue weighted by atomic mass is 19.1. The summed E-state index contributed by atoms with van der Waals surface area (Å²) in [6.07, 6.45) is -1.57.